The van der Waals surface area contributed by atoms with Crippen LogP contribution >= 0.6 is 11.8 Å². The normalized spacial score (nSPS) is 19.5. The Bertz CT molecular complexity index is 862. The molecular formula is C18H14N2O3S. The van der Waals surface area contributed by atoms with Crippen molar-refractivity contribution in [3.05, 3.63) is 59.0 Å². The highest BCUT2D eigenvalue weighted by molar-refractivity contribution is 8.18. The molecule has 1 saturated heterocycles. The number of carbonyl (C=O) groups is 1. The summed E-state index contributed by atoms with van der Waals surface area (Å²) in [5, 5.41) is 0.665. The summed E-state index contributed by atoms with van der Waals surface area (Å²) in [5.74, 6) is 1.37. The first kappa shape index (κ1) is 14.8. The molecule has 0 N–H and O–H groups in total. The fraction of sp³-hybridized carbons (Fsp3) is 0.111. The number of benzene rings is 2. The van der Waals surface area contributed by atoms with Crippen LogP contribution in [0.2, 0.25) is 0 Å². The first-order chi connectivity index (χ1) is 11.7. The van der Waals surface area contributed by atoms with Crippen LogP contribution in [0.4, 0.5) is 5.69 Å². The van der Waals surface area contributed by atoms with Crippen LogP contribution in [0.1, 0.15) is 5.56 Å². The monoisotopic (exact) mass is 338 g/mol. The molecule has 0 atom stereocenters. The summed E-state index contributed by atoms with van der Waals surface area (Å²) in [6.07, 6.45) is 1.85. The average molecular weight is 338 g/mol. The largest absolute Gasteiger partial charge is 0.454 e. The highest BCUT2D eigenvalue weighted by Crippen LogP contribution is 2.36. The zero-order valence-corrected chi connectivity index (χ0v) is 13.7. The third-order valence-electron chi connectivity index (χ3n) is 3.68. The maximum absolute atomic E-state index is 12.4. The number of aliphatic imine (C=N–C) groups is 1. The molecule has 4 rings (SSSR count). The smallest absolute Gasteiger partial charge is 0.266 e. The number of fused-ring (bicyclic) bond motifs is 1. The van der Waals surface area contributed by atoms with E-state index in [0.717, 1.165) is 17.0 Å². The third kappa shape index (κ3) is 2.76. The number of hydrogen-bond acceptors (Lipinski definition) is 5. The molecule has 0 saturated carbocycles. The minimum absolute atomic E-state index is 0.0626. The lowest BCUT2D eigenvalue weighted by atomic mass is 10.2. The number of carbonyl (C=O) groups excluding carboxylic acids is 1. The van der Waals surface area contributed by atoms with Gasteiger partial charge in [-0.1, -0.05) is 24.3 Å². The van der Waals surface area contributed by atoms with Gasteiger partial charge in [0.2, 0.25) is 6.79 Å². The zero-order chi connectivity index (χ0) is 16.5. The van der Waals surface area contributed by atoms with Gasteiger partial charge in [0, 0.05) is 7.05 Å². The van der Waals surface area contributed by atoms with E-state index in [0.29, 0.717) is 15.8 Å². The Kier molecular flexibility index (Phi) is 3.74. The van der Waals surface area contributed by atoms with Crippen molar-refractivity contribution >= 4 is 34.6 Å². The van der Waals surface area contributed by atoms with Gasteiger partial charge in [-0.2, -0.15) is 0 Å². The second-order valence-electron chi connectivity index (χ2n) is 5.32. The average Bonchev–Trinajstić information content (AvgIpc) is 3.16. The molecule has 0 radical (unpaired) electrons. The van der Waals surface area contributed by atoms with Crippen molar-refractivity contribution in [3.8, 4) is 11.5 Å². The number of ether oxygens (including phenoxy) is 2. The van der Waals surface area contributed by atoms with Crippen molar-refractivity contribution in [3.63, 3.8) is 0 Å². The molecule has 2 aliphatic heterocycles. The first-order valence-corrected chi connectivity index (χ1v) is 8.23. The Morgan fingerprint density at radius 2 is 1.92 bits per heavy atom. The van der Waals surface area contributed by atoms with E-state index in [1.807, 2.05) is 54.6 Å². The minimum Gasteiger partial charge on any atom is -0.454 e. The van der Waals surface area contributed by atoms with Crippen LogP contribution < -0.4 is 9.47 Å². The van der Waals surface area contributed by atoms with E-state index in [1.54, 1.807) is 11.9 Å². The predicted octanol–water partition coefficient (Wildman–Crippen LogP) is 3.65. The van der Waals surface area contributed by atoms with Gasteiger partial charge in [0.1, 0.15) is 0 Å². The van der Waals surface area contributed by atoms with Gasteiger partial charge in [-0.05, 0) is 47.7 Å². The number of rotatable bonds is 2. The molecule has 2 aromatic rings. The lowest BCUT2D eigenvalue weighted by Gasteiger charge is -2.06. The van der Waals surface area contributed by atoms with Gasteiger partial charge in [-0.3, -0.25) is 9.69 Å². The second kappa shape index (κ2) is 6.05. The van der Waals surface area contributed by atoms with E-state index < -0.39 is 0 Å². The van der Waals surface area contributed by atoms with E-state index in [2.05, 4.69) is 4.99 Å². The van der Waals surface area contributed by atoms with E-state index >= 15 is 0 Å². The molecule has 120 valence electrons. The SMILES string of the molecule is CN1C(=O)/C(=C/c2ccc3c(c2)OCO3)SC1=Nc1ccccc1. The van der Waals surface area contributed by atoms with Gasteiger partial charge in [0.15, 0.2) is 16.7 Å². The molecule has 1 fully saturated rings. The fourth-order valence-electron chi connectivity index (χ4n) is 2.42. The molecule has 24 heavy (non-hydrogen) atoms. The van der Waals surface area contributed by atoms with Crippen molar-refractivity contribution < 1.29 is 14.3 Å². The van der Waals surface area contributed by atoms with Gasteiger partial charge >= 0.3 is 0 Å². The van der Waals surface area contributed by atoms with Crippen molar-refractivity contribution in [2.75, 3.05) is 13.8 Å². The number of thioether (sulfide) groups is 1. The number of hydrogen-bond donors (Lipinski definition) is 0. The van der Waals surface area contributed by atoms with Crippen molar-refractivity contribution in [2.45, 2.75) is 0 Å². The van der Waals surface area contributed by atoms with E-state index in [1.165, 1.54) is 11.8 Å². The molecule has 0 aliphatic carbocycles. The molecule has 2 heterocycles. The molecule has 6 heteroatoms. The molecular weight excluding hydrogens is 324 g/mol. The van der Waals surface area contributed by atoms with Crippen LogP contribution in [0.5, 0.6) is 11.5 Å². The Morgan fingerprint density at radius 1 is 1.12 bits per heavy atom. The Balaban J connectivity index is 1.62. The quantitative estimate of drug-likeness (QED) is 0.784. The molecule has 0 aromatic heterocycles. The van der Waals surface area contributed by atoms with Crippen molar-refractivity contribution in [1.29, 1.82) is 0 Å². The molecule has 5 nitrogen and oxygen atoms in total. The van der Waals surface area contributed by atoms with Crippen molar-refractivity contribution in [2.24, 2.45) is 4.99 Å². The molecule has 0 bridgehead atoms. The lowest BCUT2D eigenvalue weighted by Crippen LogP contribution is -2.23. The Labute approximate surface area is 143 Å². The third-order valence-corrected chi connectivity index (χ3v) is 4.74. The standard InChI is InChI=1S/C18H14N2O3S/c1-20-17(21)16(24-18(20)19-13-5-3-2-4-6-13)10-12-7-8-14-15(9-12)23-11-22-14/h2-10H,11H2,1H3/b16-10-,19-18?. The van der Waals surface area contributed by atoms with Crippen LogP contribution in [-0.2, 0) is 4.79 Å². The zero-order valence-electron chi connectivity index (χ0n) is 12.9. The number of nitrogens with zero attached hydrogens (tertiary/aromatic N) is 2. The van der Waals surface area contributed by atoms with Gasteiger partial charge in [0.25, 0.3) is 5.91 Å². The summed E-state index contributed by atoms with van der Waals surface area (Å²) < 4.78 is 10.7. The summed E-state index contributed by atoms with van der Waals surface area (Å²) in [7, 11) is 1.73. The van der Waals surface area contributed by atoms with Gasteiger partial charge in [0.05, 0.1) is 10.6 Å². The molecule has 0 spiro atoms. The van der Waals surface area contributed by atoms with Crippen LogP contribution in [0.25, 0.3) is 6.08 Å². The molecule has 2 aromatic carbocycles. The Hall–Kier alpha value is -2.73. The van der Waals surface area contributed by atoms with Crippen LogP contribution in [0.3, 0.4) is 0 Å². The number of para-hydroxylation sites is 1. The lowest BCUT2D eigenvalue weighted by molar-refractivity contribution is -0.121. The first-order valence-electron chi connectivity index (χ1n) is 7.42. The maximum Gasteiger partial charge on any atom is 0.266 e. The number of amidine groups is 1. The fourth-order valence-corrected chi connectivity index (χ4v) is 3.41. The highest BCUT2D eigenvalue weighted by Gasteiger charge is 2.30. The van der Waals surface area contributed by atoms with Crippen molar-refractivity contribution in [1.82, 2.24) is 4.90 Å². The van der Waals surface area contributed by atoms with Gasteiger partial charge < -0.3 is 9.47 Å². The van der Waals surface area contributed by atoms with Crippen LogP contribution in [0.15, 0.2) is 58.4 Å². The van der Waals surface area contributed by atoms with Gasteiger partial charge in [-0.15, -0.1) is 0 Å². The maximum atomic E-state index is 12.4. The summed E-state index contributed by atoms with van der Waals surface area (Å²) in [4.78, 5) is 19.2. The van der Waals surface area contributed by atoms with Crippen LogP contribution in [-0.4, -0.2) is 29.8 Å². The summed E-state index contributed by atoms with van der Waals surface area (Å²) >= 11 is 1.37. The molecule has 1 amide bonds. The minimum atomic E-state index is -0.0626. The molecule has 2 aliphatic rings. The topological polar surface area (TPSA) is 51.1 Å². The Morgan fingerprint density at radius 3 is 2.75 bits per heavy atom. The summed E-state index contributed by atoms with van der Waals surface area (Å²) in [6, 6.07) is 15.2. The predicted molar refractivity (Wildman–Crippen MR) is 94.4 cm³/mol. The molecule has 0 unspecified atom stereocenters. The van der Waals surface area contributed by atoms with E-state index in [9.17, 15) is 4.79 Å². The van der Waals surface area contributed by atoms with E-state index in [-0.39, 0.29) is 12.7 Å². The van der Waals surface area contributed by atoms with E-state index in [4.69, 9.17) is 9.47 Å². The van der Waals surface area contributed by atoms with Crippen LogP contribution in [0, 0.1) is 0 Å². The summed E-state index contributed by atoms with van der Waals surface area (Å²) in [6.45, 7) is 0.236. The van der Waals surface area contributed by atoms with Gasteiger partial charge in [-0.25, -0.2) is 4.99 Å². The summed E-state index contributed by atoms with van der Waals surface area (Å²) in [5.41, 5.74) is 1.72. The number of likely N-dealkylation sites (N-methyl/N-ethyl adjacent to an activating group) is 1. The second-order valence-corrected chi connectivity index (χ2v) is 6.33. The number of amides is 1. The highest BCUT2D eigenvalue weighted by atomic mass is 32.2.